The first-order valence-corrected chi connectivity index (χ1v) is 10.6. The maximum atomic E-state index is 11.8. The van der Waals surface area contributed by atoms with E-state index in [1.807, 2.05) is 0 Å². The van der Waals surface area contributed by atoms with Crippen LogP contribution in [0.1, 0.15) is 27.7 Å². The van der Waals surface area contributed by atoms with Crippen LogP contribution in [0.5, 0.6) is 0 Å². The third-order valence-corrected chi connectivity index (χ3v) is 5.15. The molecule has 9 atom stereocenters. The Morgan fingerprint density at radius 2 is 1.37 bits per heavy atom. The number of aliphatic hydroxyl groups is 4. The first-order valence-electron chi connectivity index (χ1n) is 10.6. The van der Waals surface area contributed by atoms with E-state index in [4.69, 9.17) is 33.2 Å². The molecule has 2 fully saturated rings. The Labute approximate surface area is 199 Å². The summed E-state index contributed by atoms with van der Waals surface area (Å²) in [5.41, 5.74) is 0. The lowest BCUT2D eigenvalue weighted by Crippen LogP contribution is -2.64. The monoisotopic (exact) mass is 510 g/mol. The molecule has 0 unspecified atom stereocenters. The van der Waals surface area contributed by atoms with Crippen LogP contribution in [0.3, 0.4) is 0 Å². The van der Waals surface area contributed by atoms with E-state index in [0.29, 0.717) is 0 Å². The number of esters is 4. The van der Waals surface area contributed by atoms with Crippen LogP contribution < -0.4 is 0 Å². The summed E-state index contributed by atoms with van der Waals surface area (Å²) >= 11 is 0. The molecule has 0 aromatic carbocycles. The minimum absolute atomic E-state index is 0.539. The zero-order chi connectivity index (χ0) is 26.5. The fourth-order valence-corrected chi connectivity index (χ4v) is 3.62. The SMILES string of the molecule is CC(=O)OC[C@H]1O[C@H](O[C@]2(COC(C)=O)O[C@H](CO)[C@@H](O)[C@@H]2O)[C@H](OC(C)=O)[C@@H](OC(C)=O)[C@@H]1O. The van der Waals surface area contributed by atoms with Gasteiger partial charge in [0.1, 0.15) is 43.7 Å². The third kappa shape index (κ3) is 7.07. The summed E-state index contributed by atoms with van der Waals surface area (Å²) in [6, 6.07) is 0. The smallest absolute Gasteiger partial charge is 0.303 e. The number of rotatable bonds is 9. The molecule has 2 saturated heterocycles. The van der Waals surface area contributed by atoms with E-state index in [-0.39, 0.29) is 0 Å². The molecule has 0 aromatic heterocycles. The van der Waals surface area contributed by atoms with Crippen molar-refractivity contribution < 1.29 is 72.8 Å². The Balaban J connectivity index is 2.47. The third-order valence-electron chi connectivity index (χ3n) is 5.15. The van der Waals surface area contributed by atoms with Crippen LogP contribution in [0.2, 0.25) is 0 Å². The number of carbonyl (C=O) groups is 4. The Morgan fingerprint density at radius 1 is 0.800 bits per heavy atom. The highest BCUT2D eigenvalue weighted by Gasteiger charge is 2.60. The molecular weight excluding hydrogens is 480 g/mol. The highest BCUT2D eigenvalue weighted by atomic mass is 16.8. The van der Waals surface area contributed by atoms with Gasteiger partial charge in [0.2, 0.25) is 12.1 Å². The van der Waals surface area contributed by atoms with Crippen LogP contribution in [-0.2, 0) is 52.3 Å². The molecular formula is C20H30O15. The van der Waals surface area contributed by atoms with Crippen molar-refractivity contribution in [3.05, 3.63) is 0 Å². The van der Waals surface area contributed by atoms with Gasteiger partial charge >= 0.3 is 23.9 Å². The van der Waals surface area contributed by atoms with Crippen molar-refractivity contribution in [2.75, 3.05) is 19.8 Å². The van der Waals surface area contributed by atoms with Gasteiger partial charge in [-0.05, 0) is 0 Å². The van der Waals surface area contributed by atoms with Crippen molar-refractivity contribution in [1.82, 2.24) is 0 Å². The van der Waals surface area contributed by atoms with Crippen LogP contribution in [0, 0.1) is 0 Å². The molecule has 0 radical (unpaired) electrons. The Bertz CT molecular complexity index is 786. The molecule has 200 valence electrons. The number of hydrogen-bond donors (Lipinski definition) is 4. The topological polar surface area (TPSA) is 214 Å². The van der Waals surface area contributed by atoms with Gasteiger partial charge in [-0.1, -0.05) is 0 Å². The van der Waals surface area contributed by atoms with Gasteiger partial charge in [0, 0.05) is 27.7 Å². The quantitative estimate of drug-likeness (QED) is 0.178. The van der Waals surface area contributed by atoms with E-state index in [1.165, 1.54) is 0 Å². The molecule has 2 aliphatic heterocycles. The van der Waals surface area contributed by atoms with Gasteiger partial charge in [-0.25, -0.2) is 0 Å². The van der Waals surface area contributed by atoms with Crippen LogP contribution in [0.25, 0.3) is 0 Å². The molecule has 4 N–H and O–H groups in total. The summed E-state index contributed by atoms with van der Waals surface area (Å²) in [5, 5.41) is 41.1. The largest absolute Gasteiger partial charge is 0.463 e. The fourth-order valence-electron chi connectivity index (χ4n) is 3.62. The molecule has 0 bridgehead atoms. The van der Waals surface area contributed by atoms with Gasteiger partial charge in [-0.2, -0.15) is 0 Å². The lowest BCUT2D eigenvalue weighted by molar-refractivity contribution is -0.384. The zero-order valence-electron chi connectivity index (χ0n) is 19.5. The van der Waals surface area contributed by atoms with Crippen LogP contribution >= 0.6 is 0 Å². The molecule has 2 aliphatic rings. The summed E-state index contributed by atoms with van der Waals surface area (Å²) in [6.07, 6.45) is -13.1. The van der Waals surface area contributed by atoms with Crippen LogP contribution in [0.4, 0.5) is 0 Å². The normalized spacial score (nSPS) is 36.8. The van der Waals surface area contributed by atoms with E-state index in [9.17, 15) is 39.6 Å². The van der Waals surface area contributed by atoms with Crippen molar-refractivity contribution in [2.24, 2.45) is 0 Å². The van der Waals surface area contributed by atoms with Crippen molar-refractivity contribution >= 4 is 23.9 Å². The molecule has 0 spiro atoms. The second-order valence-electron chi connectivity index (χ2n) is 7.97. The molecule has 0 aromatic rings. The summed E-state index contributed by atoms with van der Waals surface area (Å²) < 4.78 is 36.9. The first-order chi connectivity index (χ1) is 16.3. The molecule has 0 amide bonds. The number of carbonyl (C=O) groups excluding carboxylic acids is 4. The van der Waals surface area contributed by atoms with Gasteiger partial charge < -0.3 is 53.6 Å². The van der Waals surface area contributed by atoms with Gasteiger partial charge in [0.15, 0.2) is 12.2 Å². The van der Waals surface area contributed by atoms with E-state index in [0.717, 1.165) is 27.7 Å². The minimum Gasteiger partial charge on any atom is -0.463 e. The van der Waals surface area contributed by atoms with Gasteiger partial charge in [-0.15, -0.1) is 0 Å². The summed E-state index contributed by atoms with van der Waals surface area (Å²) in [5.74, 6) is -5.66. The number of aliphatic hydroxyl groups excluding tert-OH is 4. The predicted molar refractivity (Wildman–Crippen MR) is 107 cm³/mol. The molecule has 0 aliphatic carbocycles. The van der Waals surface area contributed by atoms with Gasteiger partial charge in [-0.3, -0.25) is 19.2 Å². The van der Waals surface area contributed by atoms with Crippen molar-refractivity contribution in [3.63, 3.8) is 0 Å². The van der Waals surface area contributed by atoms with Crippen LogP contribution in [-0.4, -0.2) is 119 Å². The molecule has 35 heavy (non-hydrogen) atoms. The first kappa shape index (κ1) is 28.8. The Hall–Kier alpha value is -2.40. The summed E-state index contributed by atoms with van der Waals surface area (Å²) in [4.78, 5) is 46.2. The molecule has 0 saturated carbocycles. The lowest BCUT2D eigenvalue weighted by Gasteiger charge is -2.45. The zero-order valence-corrected chi connectivity index (χ0v) is 19.5. The fraction of sp³-hybridized carbons (Fsp3) is 0.800. The van der Waals surface area contributed by atoms with Gasteiger partial charge in [0.05, 0.1) is 6.61 Å². The molecule has 15 nitrogen and oxygen atoms in total. The average Bonchev–Trinajstić information content (AvgIpc) is 3.00. The highest BCUT2D eigenvalue weighted by molar-refractivity contribution is 5.68. The number of hydrogen-bond acceptors (Lipinski definition) is 15. The lowest BCUT2D eigenvalue weighted by atomic mass is 9.98. The van der Waals surface area contributed by atoms with E-state index < -0.39 is 98.5 Å². The van der Waals surface area contributed by atoms with E-state index in [2.05, 4.69) is 0 Å². The van der Waals surface area contributed by atoms with Crippen LogP contribution in [0.15, 0.2) is 0 Å². The van der Waals surface area contributed by atoms with Crippen molar-refractivity contribution in [2.45, 2.75) is 82.5 Å². The van der Waals surface area contributed by atoms with E-state index >= 15 is 0 Å². The summed E-state index contributed by atoms with van der Waals surface area (Å²) in [7, 11) is 0. The number of ether oxygens (including phenoxy) is 7. The standard InChI is InChI=1S/C20H30O15/c1-8(22)29-6-13-14(26)16(31-10(3)24)17(32-11(4)25)19(33-13)35-20(7-30-9(2)23)18(28)15(27)12(5-21)34-20/h12-19,21,26-28H,5-7H2,1-4H3/t12-,13-,14-,15-,16+,17-,18+,19-,20+/m1/s1. The molecule has 2 rings (SSSR count). The Kier molecular flexibility index (Phi) is 9.91. The van der Waals surface area contributed by atoms with Crippen molar-refractivity contribution in [3.8, 4) is 0 Å². The maximum Gasteiger partial charge on any atom is 0.303 e. The maximum absolute atomic E-state index is 11.8. The summed E-state index contributed by atoms with van der Waals surface area (Å²) in [6.45, 7) is 2.09. The Morgan fingerprint density at radius 3 is 1.86 bits per heavy atom. The second-order valence-corrected chi connectivity index (χ2v) is 7.97. The second kappa shape index (κ2) is 12.0. The molecule has 2 heterocycles. The predicted octanol–water partition coefficient (Wildman–Crippen LogP) is -3.11. The minimum atomic E-state index is -2.35. The average molecular weight is 510 g/mol. The van der Waals surface area contributed by atoms with Gasteiger partial charge in [0.25, 0.3) is 0 Å². The van der Waals surface area contributed by atoms with Crippen molar-refractivity contribution in [1.29, 1.82) is 0 Å². The highest BCUT2D eigenvalue weighted by Crippen LogP contribution is 2.38. The molecule has 15 heteroatoms. The van der Waals surface area contributed by atoms with E-state index in [1.54, 1.807) is 0 Å².